The normalized spacial score (nSPS) is 38.9. The SMILES string of the molecule is CCN1CCC[C@H]2[C@@H](C[C@@H]3CC[C@]4(OC(=O)c5ccc(Br)cc5)[C@@H]5C[C@@H]6[C@@H](C[C@@H](C)C[C@@H]6N(C)C5)C[C@@H]4N3OC(=O)c3ccc(Br)cc3)C[C@H](C)C[C@H]21. The summed E-state index contributed by atoms with van der Waals surface area (Å²) in [5, 5.41) is 2.16. The minimum atomic E-state index is -0.771. The van der Waals surface area contributed by atoms with E-state index in [0.717, 1.165) is 54.1 Å². The van der Waals surface area contributed by atoms with Crippen LogP contribution in [0.15, 0.2) is 57.5 Å². The van der Waals surface area contributed by atoms with Crippen molar-refractivity contribution in [2.24, 2.45) is 41.4 Å². The van der Waals surface area contributed by atoms with Gasteiger partial charge in [0, 0.05) is 39.5 Å². The second-order valence-corrected chi connectivity index (χ2v) is 19.9. The molecule has 6 aliphatic rings. The summed E-state index contributed by atoms with van der Waals surface area (Å²) in [6.07, 6.45) is 12.1. The number of likely N-dealkylation sites (tertiary alicyclic amines) is 2. The molecule has 3 aliphatic heterocycles. The standard InChI is InChI=1S/C44H59Br2N3O4/c1-5-48-18-6-7-37-31(19-28(3)22-40(37)48)23-36-16-17-44(52-42(50)29-8-12-34(45)13-9-29)33-25-38-32(20-27(2)21-39(38)47(4)26-33)24-41(44)49(36)53-43(51)30-10-14-35(46)15-11-30/h8-15,27-28,31-33,36-41H,5-7,16-26H2,1-4H3/t27-,28+,31-,32+,33-,36+,37+,38-,39+,40-,41+,44+/m1/s1. The van der Waals surface area contributed by atoms with E-state index >= 15 is 0 Å². The first kappa shape index (κ1) is 38.1. The Balaban J connectivity index is 1.20. The molecular weight excluding hydrogens is 794 g/mol. The lowest BCUT2D eigenvalue weighted by Crippen LogP contribution is -2.67. The Hall–Kier alpha value is -1.78. The fraction of sp³-hybridized carbons (Fsp3) is 0.682. The lowest BCUT2D eigenvalue weighted by molar-refractivity contribution is -0.253. The molecule has 8 rings (SSSR count). The van der Waals surface area contributed by atoms with Crippen LogP contribution in [0.25, 0.3) is 0 Å². The highest BCUT2D eigenvalue weighted by Gasteiger charge is 2.63. The molecule has 0 spiro atoms. The maximum atomic E-state index is 14.4. The van der Waals surface area contributed by atoms with E-state index in [0.29, 0.717) is 58.7 Å². The molecule has 53 heavy (non-hydrogen) atoms. The van der Waals surface area contributed by atoms with Crippen molar-refractivity contribution in [3.8, 4) is 0 Å². The zero-order chi connectivity index (χ0) is 37.0. The van der Waals surface area contributed by atoms with Crippen LogP contribution in [-0.4, -0.2) is 83.3 Å². The van der Waals surface area contributed by atoms with Crippen LogP contribution < -0.4 is 0 Å². The van der Waals surface area contributed by atoms with Gasteiger partial charge in [-0.25, -0.2) is 9.59 Å². The van der Waals surface area contributed by atoms with Crippen LogP contribution in [0.5, 0.6) is 0 Å². The Morgan fingerprint density at radius 1 is 0.811 bits per heavy atom. The molecule has 0 aromatic heterocycles. The van der Waals surface area contributed by atoms with Gasteiger partial charge in [0.05, 0.1) is 17.2 Å². The molecule has 9 heteroatoms. The fourth-order valence-corrected chi connectivity index (χ4v) is 13.2. The summed E-state index contributed by atoms with van der Waals surface area (Å²) in [5.41, 5.74) is 0.344. The molecule has 3 heterocycles. The van der Waals surface area contributed by atoms with Gasteiger partial charge >= 0.3 is 11.9 Å². The molecule has 6 fully saturated rings. The maximum absolute atomic E-state index is 14.4. The van der Waals surface area contributed by atoms with Gasteiger partial charge in [-0.1, -0.05) is 52.6 Å². The molecule has 3 saturated carbocycles. The van der Waals surface area contributed by atoms with Gasteiger partial charge in [-0.05, 0) is 175 Å². The first-order valence-electron chi connectivity index (χ1n) is 20.7. The van der Waals surface area contributed by atoms with Gasteiger partial charge in [-0.15, -0.1) is 5.06 Å². The molecule has 3 aliphatic carbocycles. The van der Waals surface area contributed by atoms with Crippen LogP contribution in [0.3, 0.4) is 0 Å². The van der Waals surface area contributed by atoms with E-state index in [2.05, 4.69) is 74.5 Å². The summed E-state index contributed by atoms with van der Waals surface area (Å²) in [4.78, 5) is 40.8. The number of halogens is 2. The molecule has 2 aromatic rings. The summed E-state index contributed by atoms with van der Waals surface area (Å²) in [5.74, 6) is 3.15. The highest BCUT2D eigenvalue weighted by molar-refractivity contribution is 9.10. The molecule has 2 bridgehead atoms. The van der Waals surface area contributed by atoms with Crippen LogP contribution in [-0.2, 0) is 9.57 Å². The zero-order valence-corrected chi connectivity index (χ0v) is 35.3. The van der Waals surface area contributed by atoms with Crippen molar-refractivity contribution in [2.75, 3.05) is 26.7 Å². The number of fused-ring (bicyclic) bond motifs is 4. The third-order valence-corrected chi connectivity index (χ3v) is 16.0. The van der Waals surface area contributed by atoms with E-state index in [4.69, 9.17) is 9.57 Å². The van der Waals surface area contributed by atoms with Gasteiger partial charge < -0.3 is 19.4 Å². The molecule has 0 radical (unpaired) electrons. The van der Waals surface area contributed by atoms with E-state index in [9.17, 15) is 9.59 Å². The highest BCUT2D eigenvalue weighted by Crippen LogP contribution is 2.57. The van der Waals surface area contributed by atoms with E-state index in [1.807, 2.05) is 48.5 Å². The topological polar surface area (TPSA) is 62.3 Å². The summed E-state index contributed by atoms with van der Waals surface area (Å²) in [7, 11) is 2.30. The van der Waals surface area contributed by atoms with Crippen molar-refractivity contribution in [1.29, 1.82) is 0 Å². The first-order chi connectivity index (χ1) is 25.5. The van der Waals surface area contributed by atoms with Gasteiger partial charge in [0.15, 0.2) is 0 Å². The second-order valence-electron chi connectivity index (χ2n) is 18.1. The van der Waals surface area contributed by atoms with Gasteiger partial charge in [-0.2, -0.15) is 0 Å². The number of piperidine rings is 3. The number of nitrogens with zero attached hydrogens (tertiary/aromatic N) is 3. The van der Waals surface area contributed by atoms with Gasteiger partial charge in [-0.3, -0.25) is 0 Å². The minimum absolute atomic E-state index is 0.0688. The van der Waals surface area contributed by atoms with Crippen molar-refractivity contribution in [2.45, 2.75) is 121 Å². The number of hydroxylamine groups is 2. The number of carbonyl (C=O) groups is 2. The van der Waals surface area contributed by atoms with Crippen molar-refractivity contribution in [3.63, 3.8) is 0 Å². The van der Waals surface area contributed by atoms with E-state index in [1.165, 1.54) is 45.1 Å². The summed E-state index contributed by atoms with van der Waals surface area (Å²) >= 11 is 7.09. The smallest absolute Gasteiger partial charge is 0.357 e. The Morgan fingerprint density at radius 3 is 2.17 bits per heavy atom. The molecule has 7 nitrogen and oxygen atoms in total. The molecule has 288 valence electrons. The summed E-state index contributed by atoms with van der Waals surface area (Å²) < 4.78 is 8.94. The van der Waals surface area contributed by atoms with E-state index < -0.39 is 5.60 Å². The zero-order valence-electron chi connectivity index (χ0n) is 32.1. The lowest BCUT2D eigenvalue weighted by Gasteiger charge is -2.56. The number of carbonyl (C=O) groups excluding carboxylic acids is 2. The van der Waals surface area contributed by atoms with Crippen molar-refractivity contribution >= 4 is 43.8 Å². The monoisotopic (exact) mass is 851 g/mol. The summed E-state index contributed by atoms with van der Waals surface area (Å²) in [6.45, 7) is 10.4. The van der Waals surface area contributed by atoms with Gasteiger partial charge in [0.1, 0.15) is 5.60 Å². The van der Waals surface area contributed by atoms with Crippen LogP contribution in [0, 0.1) is 41.4 Å². The van der Waals surface area contributed by atoms with Gasteiger partial charge in [0.25, 0.3) is 0 Å². The van der Waals surface area contributed by atoms with Crippen LogP contribution in [0.1, 0.15) is 112 Å². The Labute approximate surface area is 334 Å². The van der Waals surface area contributed by atoms with E-state index in [1.54, 1.807) is 0 Å². The third kappa shape index (κ3) is 7.45. The predicted octanol–water partition coefficient (Wildman–Crippen LogP) is 9.64. The lowest BCUT2D eigenvalue weighted by atomic mass is 9.64. The molecule has 0 amide bonds. The molecule has 0 unspecified atom stereocenters. The molecule has 2 aromatic carbocycles. The first-order valence-corrected chi connectivity index (χ1v) is 22.3. The Kier molecular flexibility index (Phi) is 11.2. The molecule has 0 N–H and O–H groups in total. The number of benzene rings is 2. The molecule has 12 atom stereocenters. The number of hydrogen-bond acceptors (Lipinski definition) is 7. The van der Waals surface area contributed by atoms with Crippen LogP contribution in [0.2, 0.25) is 0 Å². The fourth-order valence-electron chi connectivity index (χ4n) is 12.6. The third-order valence-electron chi connectivity index (χ3n) is 14.9. The number of hydrogen-bond donors (Lipinski definition) is 0. The second kappa shape index (κ2) is 15.6. The number of rotatable bonds is 7. The average molecular weight is 854 g/mol. The maximum Gasteiger partial charge on any atom is 0.357 e. The highest BCUT2D eigenvalue weighted by atomic mass is 79.9. The largest absolute Gasteiger partial charge is 0.453 e. The predicted molar refractivity (Wildman–Crippen MR) is 215 cm³/mol. The van der Waals surface area contributed by atoms with Crippen LogP contribution >= 0.6 is 31.9 Å². The Bertz CT molecular complexity index is 1620. The quantitative estimate of drug-likeness (QED) is 0.257. The number of esters is 1. The minimum Gasteiger partial charge on any atom is -0.453 e. The van der Waals surface area contributed by atoms with Crippen molar-refractivity contribution < 1.29 is 19.2 Å². The average Bonchev–Trinajstić information content (AvgIpc) is 3.25. The van der Waals surface area contributed by atoms with Crippen molar-refractivity contribution in [3.05, 3.63) is 68.6 Å². The Morgan fingerprint density at radius 2 is 1.47 bits per heavy atom. The van der Waals surface area contributed by atoms with Crippen LogP contribution in [0.4, 0.5) is 0 Å². The van der Waals surface area contributed by atoms with Crippen molar-refractivity contribution in [1.82, 2.24) is 14.9 Å². The molecular formula is C44H59Br2N3O4. The summed E-state index contributed by atoms with van der Waals surface area (Å²) in [6, 6.07) is 16.1. The van der Waals surface area contributed by atoms with E-state index in [-0.39, 0.29) is 29.9 Å². The number of ether oxygens (including phenoxy) is 1. The van der Waals surface area contributed by atoms with Gasteiger partial charge in [0.2, 0.25) is 0 Å². The molecule has 3 saturated heterocycles.